The summed E-state index contributed by atoms with van der Waals surface area (Å²) in [6.45, 7) is 3.05. The highest BCUT2D eigenvalue weighted by molar-refractivity contribution is 8.00. The van der Waals surface area contributed by atoms with Gasteiger partial charge in [-0.15, -0.1) is 0 Å². The van der Waals surface area contributed by atoms with E-state index in [1.165, 1.54) is 5.56 Å². The summed E-state index contributed by atoms with van der Waals surface area (Å²) in [6.07, 6.45) is 4.90. The van der Waals surface area contributed by atoms with Crippen molar-refractivity contribution in [3.63, 3.8) is 0 Å². The molecule has 1 aliphatic heterocycles. The third-order valence-electron chi connectivity index (χ3n) is 3.38. The fourth-order valence-electron chi connectivity index (χ4n) is 2.29. The van der Waals surface area contributed by atoms with Crippen LogP contribution in [-0.2, 0) is 11.2 Å². The van der Waals surface area contributed by atoms with Gasteiger partial charge in [0.25, 0.3) is 0 Å². The monoisotopic (exact) mass is 278 g/mol. The van der Waals surface area contributed by atoms with Gasteiger partial charge in [0, 0.05) is 17.9 Å². The van der Waals surface area contributed by atoms with Gasteiger partial charge in [0.15, 0.2) is 5.78 Å². The van der Waals surface area contributed by atoms with Crippen LogP contribution in [0.25, 0.3) is 0 Å². The maximum Gasteiger partial charge on any atom is 0.172 e. The summed E-state index contributed by atoms with van der Waals surface area (Å²) in [5, 5.41) is 0. The van der Waals surface area contributed by atoms with Crippen molar-refractivity contribution in [1.82, 2.24) is 0 Å². The lowest BCUT2D eigenvalue weighted by molar-refractivity contribution is 0.102. The number of ether oxygens (including phenoxy) is 1. The number of benzene rings is 1. The molecule has 1 heterocycles. The molecule has 0 N–H and O–H groups in total. The molecule has 104 valence electrons. The molecule has 1 unspecified atom stereocenters. The van der Waals surface area contributed by atoms with Crippen LogP contribution >= 0.6 is 11.8 Å². The Balaban J connectivity index is 1.75. The normalized spacial score (nSPS) is 18.7. The molecule has 0 saturated carbocycles. The molecule has 0 bridgehead atoms. The molecule has 0 aromatic heterocycles. The fourth-order valence-corrected chi connectivity index (χ4v) is 3.28. The van der Waals surface area contributed by atoms with Crippen molar-refractivity contribution in [3.05, 3.63) is 35.4 Å². The average molecular weight is 278 g/mol. The molecule has 0 amide bonds. The number of hydrogen-bond acceptors (Lipinski definition) is 3. The summed E-state index contributed by atoms with van der Waals surface area (Å²) in [5.41, 5.74) is 2.14. The van der Waals surface area contributed by atoms with Crippen molar-refractivity contribution < 1.29 is 9.53 Å². The first-order valence-electron chi connectivity index (χ1n) is 7.11. The molecule has 2 nitrogen and oxygen atoms in total. The zero-order valence-electron chi connectivity index (χ0n) is 11.6. The summed E-state index contributed by atoms with van der Waals surface area (Å²) in [6, 6.07) is 8.06. The van der Waals surface area contributed by atoms with E-state index < -0.39 is 0 Å². The van der Waals surface area contributed by atoms with Gasteiger partial charge in [0.05, 0.1) is 11.9 Å². The lowest BCUT2D eigenvalue weighted by Gasteiger charge is -2.08. The van der Waals surface area contributed by atoms with Crippen LogP contribution in [0.4, 0.5) is 0 Å². The molecule has 19 heavy (non-hydrogen) atoms. The van der Waals surface area contributed by atoms with E-state index in [4.69, 9.17) is 4.74 Å². The standard InChI is InChI=1S/C16H22O2S/c1-2-4-13-6-8-14(9-7-13)16(17)12-19-11-15-5-3-10-18-15/h6-9,15H,2-5,10-12H2,1H3. The molecule has 1 atom stereocenters. The van der Waals surface area contributed by atoms with Crippen LogP contribution < -0.4 is 0 Å². The Bertz CT molecular complexity index is 394. The maximum absolute atomic E-state index is 12.0. The van der Waals surface area contributed by atoms with Gasteiger partial charge in [-0.2, -0.15) is 11.8 Å². The minimum atomic E-state index is 0.228. The van der Waals surface area contributed by atoms with E-state index in [9.17, 15) is 4.79 Å². The van der Waals surface area contributed by atoms with Crippen molar-refractivity contribution in [1.29, 1.82) is 0 Å². The molecule has 1 aliphatic rings. The Labute approximate surface area is 119 Å². The van der Waals surface area contributed by atoms with E-state index >= 15 is 0 Å². The van der Waals surface area contributed by atoms with Gasteiger partial charge >= 0.3 is 0 Å². The third-order valence-corrected chi connectivity index (χ3v) is 4.45. The van der Waals surface area contributed by atoms with Gasteiger partial charge in [0.2, 0.25) is 0 Å². The average Bonchev–Trinajstić information content (AvgIpc) is 2.93. The van der Waals surface area contributed by atoms with Gasteiger partial charge in [-0.25, -0.2) is 0 Å². The predicted octanol–water partition coefficient (Wildman–Crippen LogP) is 3.73. The number of hydrogen-bond donors (Lipinski definition) is 0. The Morgan fingerprint density at radius 3 is 2.79 bits per heavy atom. The van der Waals surface area contributed by atoms with E-state index in [2.05, 4.69) is 19.1 Å². The number of thioether (sulfide) groups is 1. The SMILES string of the molecule is CCCc1ccc(C(=O)CSCC2CCCO2)cc1. The van der Waals surface area contributed by atoms with E-state index in [0.717, 1.165) is 43.6 Å². The highest BCUT2D eigenvalue weighted by Crippen LogP contribution is 2.18. The van der Waals surface area contributed by atoms with Gasteiger partial charge in [-0.05, 0) is 24.8 Å². The number of aryl methyl sites for hydroxylation is 1. The zero-order chi connectivity index (χ0) is 13.5. The molecule has 0 radical (unpaired) electrons. The molecule has 1 aromatic carbocycles. The quantitative estimate of drug-likeness (QED) is 0.711. The van der Waals surface area contributed by atoms with Gasteiger partial charge in [0.1, 0.15) is 0 Å². The predicted molar refractivity (Wildman–Crippen MR) is 81.1 cm³/mol. The van der Waals surface area contributed by atoms with E-state index in [1.54, 1.807) is 11.8 Å². The summed E-state index contributed by atoms with van der Waals surface area (Å²) in [5.74, 6) is 1.73. The first-order valence-corrected chi connectivity index (χ1v) is 8.26. The molecule has 0 spiro atoms. The first kappa shape index (κ1) is 14.6. The van der Waals surface area contributed by atoms with E-state index in [0.29, 0.717) is 11.9 Å². The first-order chi connectivity index (χ1) is 9.29. The van der Waals surface area contributed by atoms with Crippen LogP contribution in [0, 0.1) is 0 Å². The fraction of sp³-hybridized carbons (Fsp3) is 0.562. The minimum Gasteiger partial charge on any atom is -0.377 e. The molecule has 1 aromatic rings. The van der Waals surface area contributed by atoms with E-state index in [-0.39, 0.29) is 5.78 Å². The van der Waals surface area contributed by atoms with Crippen LogP contribution in [0.2, 0.25) is 0 Å². The van der Waals surface area contributed by atoms with Crippen molar-refractivity contribution in [3.8, 4) is 0 Å². The summed E-state index contributed by atoms with van der Waals surface area (Å²) in [4.78, 5) is 12.0. The van der Waals surface area contributed by atoms with Crippen molar-refractivity contribution in [2.75, 3.05) is 18.1 Å². The van der Waals surface area contributed by atoms with Crippen molar-refractivity contribution in [2.24, 2.45) is 0 Å². The summed E-state index contributed by atoms with van der Waals surface area (Å²) >= 11 is 1.69. The molecule has 3 heteroatoms. The summed E-state index contributed by atoms with van der Waals surface area (Å²) < 4.78 is 5.55. The lowest BCUT2D eigenvalue weighted by Crippen LogP contribution is -2.11. The Morgan fingerprint density at radius 1 is 1.37 bits per heavy atom. The third kappa shape index (κ3) is 4.66. The largest absolute Gasteiger partial charge is 0.377 e. The topological polar surface area (TPSA) is 26.3 Å². The van der Waals surface area contributed by atoms with Crippen LogP contribution in [-0.4, -0.2) is 30.0 Å². The smallest absolute Gasteiger partial charge is 0.172 e. The second-order valence-corrected chi connectivity index (χ2v) is 6.05. The van der Waals surface area contributed by atoms with Crippen molar-refractivity contribution in [2.45, 2.75) is 38.7 Å². The highest BCUT2D eigenvalue weighted by Gasteiger charge is 2.16. The Kier molecular flexibility index (Phi) is 5.93. The second-order valence-electron chi connectivity index (χ2n) is 5.02. The Hall–Kier alpha value is -0.800. The van der Waals surface area contributed by atoms with E-state index in [1.807, 2.05) is 12.1 Å². The van der Waals surface area contributed by atoms with Crippen LogP contribution in [0.3, 0.4) is 0 Å². The molecular formula is C16H22O2S. The van der Waals surface area contributed by atoms with Crippen LogP contribution in [0.5, 0.6) is 0 Å². The van der Waals surface area contributed by atoms with Gasteiger partial charge < -0.3 is 4.74 Å². The second kappa shape index (κ2) is 7.71. The summed E-state index contributed by atoms with van der Waals surface area (Å²) in [7, 11) is 0. The van der Waals surface area contributed by atoms with Crippen molar-refractivity contribution >= 4 is 17.5 Å². The van der Waals surface area contributed by atoms with Gasteiger partial charge in [-0.1, -0.05) is 37.6 Å². The lowest BCUT2D eigenvalue weighted by atomic mass is 10.1. The number of carbonyl (C=O) groups is 1. The van der Waals surface area contributed by atoms with Gasteiger partial charge in [-0.3, -0.25) is 4.79 Å². The molecule has 1 saturated heterocycles. The highest BCUT2D eigenvalue weighted by atomic mass is 32.2. The number of carbonyl (C=O) groups excluding carboxylic acids is 1. The Morgan fingerprint density at radius 2 is 2.16 bits per heavy atom. The molecule has 1 fully saturated rings. The molecular weight excluding hydrogens is 256 g/mol. The van der Waals surface area contributed by atoms with Crippen LogP contribution in [0.15, 0.2) is 24.3 Å². The number of Topliss-reactive ketones (excluding diaryl/α,β-unsaturated/α-hetero) is 1. The molecule has 2 rings (SSSR count). The zero-order valence-corrected chi connectivity index (χ0v) is 12.4. The maximum atomic E-state index is 12.0. The molecule has 0 aliphatic carbocycles. The minimum absolute atomic E-state index is 0.228. The number of rotatable bonds is 7. The number of ketones is 1. The van der Waals surface area contributed by atoms with Crippen LogP contribution in [0.1, 0.15) is 42.1 Å².